The molecule has 2 aliphatic rings. The van der Waals surface area contributed by atoms with Crippen molar-refractivity contribution in [2.24, 2.45) is 5.92 Å². The van der Waals surface area contributed by atoms with Crippen LogP contribution in [-0.4, -0.2) is 33.4 Å². The van der Waals surface area contributed by atoms with Crippen molar-refractivity contribution < 1.29 is 4.79 Å². The second-order valence-electron chi connectivity index (χ2n) is 8.30. The lowest BCUT2D eigenvalue weighted by atomic mass is 9.79. The zero-order valence-electron chi connectivity index (χ0n) is 16.5. The van der Waals surface area contributed by atoms with Crippen molar-refractivity contribution in [2.75, 3.05) is 13.1 Å². The van der Waals surface area contributed by atoms with E-state index in [0.717, 1.165) is 46.5 Å². The van der Waals surface area contributed by atoms with E-state index in [0.29, 0.717) is 12.3 Å². The highest BCUT2D eigenvalue weighted by Crippen LogP contribution is 2.49. The normalized spacial score (nSPS) is 23.0. The smallest absolute Gasteiger partial charge is 0.225 e. The van der Waals surface area contributed by atoms with Gasteiger partial charge in [-0.1, -0.05) is 59.3 Å². The number of nitrogens with zero attached hydrogens (tertiary/aromatic N) is 3. The van der Waals surface area contributed by atoms with Gasteiger partial charge in [0.1, 0.15) is 11.4 Å². The molecule has 2 unspecified atom stereocenters. The number of fused-ring (bicyclic) bond motifs is 3. The Morgan fingerprint density at radius 2 is 2.00 bits per heavy atom. The quantitative estimate of drug-likeness (QED) is 0.559. The molecule has 3 aromatic rings. The summed E-state index contributed by atoms with van der Waals surface area (Å²) in [5, 5.41) is 0. The molecule has 4 nitrogen and oxygen atoms in total. The van der Waals surface area contributed by atoms with E-state index in [1.165, 1.54) is 6.42 Å². The van der Waals surface area contributed by atoms with Crippen LogP contribution in [0.2, 0.25) is 0 Å². The first kappa shape index (κ1) is 18.6. The van der Waals surface area contributed by atoms with E-state index in [-0.39, 0.29) is 5.91 Å². The van der Waals surface area contributed by atoms with Gasteiger partial charge in [-0.15, -0.1) is 0 Å². The Morgan fingerprint density at radius 1 is 1.21 bits per heavy atom. The largest absolute Gasteiger partial charge is 0.342 e. The van der Waals surface area contributed by atoms with Crippen molar-refractivity contribution in [3.8, 4) is 11.4 Å². The van der Waals surface area contributed by atoms with Crippen LogP contribution in [0.5, 0.6) is 0 Å². The molecule has 0 bridgehead atoms. The molecule has 29 heavy (non-hydrogen) atoms. The Morgan fingerprint density at radius 3 is 2.79 bits per heavy atom. The molecule has 1 saturated heterocycles. The van der Waals surface area contributed by atoms with E-state index in [1.54, 1.807) is 0 Å². The predicted molar refractivity (Wildman–Crippen MR) is 118 cm³/mol. The van der Waals surface area contributed by atoms with Crippen LogP contribution in [0.3, 0.4) is 0 Å². The maximum absolute atomic E-state index is 13.6. The highest BCUT2D eigenvalue weighted by Gasteiger charge is 2.47. The lowest BCUT2D eigenvalue weighted by Gasteiger charge is -2.37. The zero-order valence-corrected chi connectivity index (χ0v) is 18.1. The fourth-order valence-corrected chi connectivity index (χ4v) is 5.29. The SMILES string of the molecule is CC1CCCN(C(=O)CC2(c3ccc(Br)cc3)c3ccccc3-c3nccn32)C1. The minimum atomic E-state index is -0.569. The monoisotopic (exact) mass is 449 g/mol. The topological polar surface area (TPSA) is 38.1 Å². The predicted octanol–water partition coefficient (Wildman–Crippen LogP) is 5.07. The van der Waals surface area contributed by atoms with Crippen molar-refractivity contribution in [3.63, 3.8) is 0 Å². The summed E-state index contributed by atoms with van der Waals surface area (Å²) in [5.41, 5.74) is 2.81. The highest BCUT2D eigenvalue weighted by molar-refractivity contribution is 9.10. The number of benzene rings is 2. The molecule has 0 spiro atoms. The molecule has 5 rings (SSSR count). The molecule has 2 aliphatic heterocycles. The maximum Gasteiger partial charge on any atom is 0.225 e. The Bertz CT molecular complexity index is 1060. The first-order valence-corrected chi connectivity index (χ1v) is 11.1. The number of carbonyl (C=O) groups excluding carboxylic acids is 1. The molecule has 1 fully saturated rings. The van der Waals surface area contributed by atoms with Crippen molar-refractivity contribution in [1.29, 1.82) is 0 Å². The molecule has 2 aromatic carbocycles. The van der Waals surface area contributed by atoms with Crippen LogP contribution >= 0.6 is 15.9 Å². The first-order chi connectivity index (χ1) is 14.1. The van der Waals surface area contributed by atoms with Gasteiger partial charge in [0.15, 0.2) is 0 Å². The number of rotatable bonds is 3. The summed E-state index contributed by atoms with van der Waals surface area (Å²) in [5.74, 6) is 1.72. The van der Waals surface area contributed by atoms with Crippen LogP contribution in [0, 0.1) is 5.92 Å². The molecular formula is C24H24BrN3O. The average Bonchev–Trinajstić information content (AvgIpc) is 3.31. The molecule has 0 aliphatic carbocycles. The Kier molecular flexibility index (Phi) is 4.58. The van der Waals surface area contributed by atoms with Gasteiger partial charge in [0.2, 0.25) is 5.91 Å². The third-order valence-corrected chi connectivity index (χ3v) is 6.93. The summed E-state index contributed by atoms with van der Waals surface area (Å²) >= 11 is 3.55. The molecule has 1 aromatic heterocycles. The van der Waals surface area contributed by atoms with Gasteiger partial charge >= 0.3 is 0 Å². The van der Waals surface area contributed by atoms with E-state index in [1.807, 2.05) is 18.5 Å². The van der Waals surface area contributed by atoms with Crippen molar-refractivity contribution in [2.45, 2.75) is 31.7 Å². The molecule has 0 N–H and O–H groups in total. The fourth-order valence-electron chi connectivity index (χ4n) is 5.03. The maximum atomic E-state index is 13.6. The van der Waals surface area contributed by atoms with Crippen LogP contribution in [-0.2, 0) is 10.3 Å². The van der Waals surface area contributed by atoms with Gasteiger partial charge in [-0.05, 0) is 42.0 Å². The second-order valence-corrected chi connectivity index (χ2v) is 9.21. The molecular weight excluding hydrogens is 426 g/mol. The van der Waals surface area contributed by atoms with Crippen LogP contribution in [0.25, 0.3) is 11.4 Å². The summed E-state index contributed by atoms with van der Waals surface area (Å²) in [6.07, 6.45) is 6.55. The lowest BCUT2D eigenvalue weighted by Crippen LogP contribution is -2.44. The molecule has 0 radical (unpaired) electrons. The van der Waals surface area contributed by atoms with Gasteiger partial charge in [0.25, 0.3) is 0 Å². The summed E-state index contributed by atoms with van der Waals surface area (Å²) in [4.78, 5) is 20.3. The van der Waals surface area contributed by atoms with Crippen LogP contribution in [0.15, 0.2) is 65.4 Å². The summed E-state index contributed by atoms with van der Waals surface area (Å²) < 4.78 is 3.23. The standard InChI is InChI=1S/C24H24BrN3O/c1-17-5-4-13-27(16-17)22(29)15-24(18-8-10-19(25)11-9-18)21-7-3-2-6-20(21)23-26-12-14-28(23)24/h2-3,6-12,14,17H,4-5,13,15-16H2,1H3. The fraction of sp³-hybridized carbons (Fsp3) is 0.333. The molecule has 0 saturated carbocycles. The number of carbonyl (C=O) groups is 1. The number of halogens is 1. The number of piperidine rings is 1. The number of hydrogen-bond donors (Lipinski definition) is 0. The van der Waals surface area contributed by atoms with Gasteiger partial charge in [-0.2, -0.15) is 0 Å². The van der Waals surface area contributed by atoms with Crippen molar-refractivity contribution >= 4 is 21.8 Å². The van der Waals surface area contributed by atoms with Gasteiger partial charge in [0.05, 0.1) is 6.42 Å². The number of likely N-dealkylation sites (tertiary alicyclic amines) is 1. The van der Waals surface area contributed by atoms with E-state index in [4.69, 9.17) is 0 Å². The summed E-state index contributed by atoms with van der Waals surface area (Å²) in [7, 11) is 0. The molecule has 3 heterocycles. The van der Waals surface area contributed by atoms with Crippen molar-refractivity contribution in [1.82, 2.24) is 14.5 Å². The first-order valence-electron chi connectivity index (χ1n) is 10.3. The van der Waals surface area contributed by atoms with E-state index >= 15 is 0 Å². The second kappa shape index (κ2) is 7.13. The van der Waals surface area contributed by atoms with Gasteiger partial charge in [-0.25, -0.2) is 4.98 Å². The van der Waals surface area contributed by atoms with Gasteiger partial charge in [-0.3, -0.25) is 4.79 Å². The Labute approximate surface area is 179 Å². The van der Waals surface area contributed by atoms with Crippen LogP contribution < -0.4 is 0 Å². The molecule has 5 heteroatoms. The van der Waals surface area contributed by atoms with Crippen LogP contribution in [0.1, 0.15) is 37.3 Å². The number of hydrogen-bond acceptors (Lipinski definition) is 2. The third-order valence-electron chi connectivity index (χ3n) is 6.40. The van der Waals surface area contributed by atoms with E-state index in [2.05, 4.69) is 79.8 Å². The van der Waals surface area contributed by atoms with E-state index < -0.39 is 5.54 Å². The van der Waals surface area contributed by atoms with Gasteiger partial charge < -0.3 is 9.47 Å². The Hall–Kier alpha value is -2.40. The number of amides is 1. The molecule has 1 amide bonds. The minimum absolute atomic E-state index is 0.218. The highest BCUT2D eigenvalue weighted by atomic mass is 79.9. The van der Waals surface area contributed by atoms with Crippen LogP contribution in [0.4, 0.5) is 0 Å². The Balaban J connectivity index is 1.66. The van der Waals surface area contributed by atoms with E-state index in [9.17, 15) is 4.79 Å². The zero-order chi connectivity index (χ0) is 20.0. The summed E-state index contributed by atoms with van der Waals surface area (Å²) in [6.45, 7) is 3.95. The third kappa shape index (κ3) is 2.94. The number of imidazole rings is 1. The summed E-state index contributed by atoms with van der Waals surface area (Å²) in [6, 6.07) is 16.7. The van der Waals surface area contributed by atoms with Gasteiger partial charge in [0, 0.05) is 35.5 Å². The molecule has 2 atom stereocenters. The molecule has 148 valence electrons. The van der Waals surface area contributed by atoms with Crippen molar-refractivity contribution in [3.05, 3.63) is 76.5 Å². The lowest BCUT2D eigenvalue weighted by molar-refractivity contribution is -0.134. The average molecular weight is 450 g/mol. The number of aromatic nitrogens is 2. The minimum Gasteiger partial charge on any atom is -0.342 e.